The van der Waals surface area contributed by atoms with Gasteiger partial charge in [-0.3, -0.25) is 0 Å². The molecule has 0 aromatic carbocycles. The second-order valence-corrected chi connectivity index (χ2v) is 4.92. The molecule has 1 aromatic heterocycles. The van der Waals surface area contributed by atoms with Crippen LogP contribution in [0.25, 0.3) is 0 Å². The van der Waals surface area contributed by atoms with Gasteiger partial charge in [-0.15, -0.1) is 0 Å². The fraction of sp³-hybridized carbons (Fsp3) is 0.615. The van der Waals surface area contributed by atoms with E-state index in [0.29, 0.717) is 12.5 Å². The smallest absolute Gasteiger partial charge is 0.131 e. The average molecular weight is 236 g/mol. The van der Waals surface area contributed by atoms with E-state index in [1.165, 1.54) is 0 Å². The molecule has 1 fully saturated rings. The summed E-state index contributed by atoms with van der Waals surface area (Å²) < 4.78 is 0. The van der Waals surface area contributed by atoms with E-state index in [1.807, 2.05) is 13.0 Å². The molecule has 4 nitrogen and oxygen atoms in total. The summed E-state index contributed by atoms with van der Waals surface area (Å²) in [4.78, 5) is 6.51. The molecule has 94 valence electrons. The maximum Gasteiger partial charge on any atom is 0.131 e. The molecule has 2 heterocycles. The SMILES string of the molecule is Cc1cc(CO)cnc1N1CCC(C)C(O)C1. The van der Waals surface area contributed by atoms with Crippen molar-refractivity contribution in [2.24, 2.45) is 5.92 Å². The number of aliphatic hydroxyl groups is 2. The van der Waals surface area contributed by atoms with Gasteiger partial charge in [-0.05, 0) is 36.5 Å². The van der Waals surface area contributed by atoms with Gasteiger partial charge in [0, 0.05) is 19.3 Å². The van der Waals surface area contributed by atoms with Gasteiger partial charge in [0.1, 0.15) is 5.82 Å². The third-order valence-corrected chi connectivity index (χ3v) is 3.51. The van der Waals surface area contributed by atoms with Gasteiger partial charge in [-0.25, -0.2) is 4.98 Å². The molecule has 2 unspecified atom stereocenters. The molecular formula is C13H20N2O2. The summed E-state index contributed by atoms with van der Waals surface area (Å²) in [6.07, 6.45) is 2.42. The zero-order chi connectivity index (χ0) is 12.4. The first kappa shape index (κ1) is 12.3. The van der Waals surface area contributed by atoms with E-state index >= 15 is 0 Å². The van der Waals surface area contributed by atoms with Gasteiger partial charge >= 0.3 is 0 Å². The highest BCUT2D eigenvalue weighted by molar-refractivity contribution is 5.47. The van der Waals surface area contributed by atoms with Crippen molar-refractivity contribution in [1.29, 1.82) is 0 Å². The van der Waals surface area contributed by atoms with Crippen LogP contribution in [-0.4, -0.2) is 34.4 Å². The molecule has 1 saturated heterocycles. The predicted octanol–water partition coefficient (Wildman–Crippen LogP) is 1.09. The third kappa shape index (κ3) is 2.58. The first-order valence-corrected chi connectivity index (χ1v) is 6.11. The Balaban J connectivity index is 2.17. The van der Waals surface area contributed by atoms with Crippen LogP contribution in [-0.2, 0) is 6.61 Å². The van der Waals surface area contributed by atoms with Gasteiger partial charge in [0.2, 0.25) is 0 Å². The van der Waals surface area contributed by atoms with Gasteiger partial charge in [-0.1, -0.05) is 6.92 Å². The van der Waals surface area contributed by atoms with E-state index in [2.05, 4.69) is 16.8 Å². The van der Waals surface area contributed by atoms with Crippen LogP contribution in [0.3, 0.4) is 0 Å². The Hall–Kier alpha value is -1.13. The van der Waals surface area contributed by atoms with E-state index in [0.717, 1.165) is 29.9 Å². The molecule has 0 bridgehead atoms. The Morgan fingerprint density at radius 3 is 2.88 bits per heavy atom. The Bertz CT molecular complexity index is 395. The van der Waals surface area contributed by atoms with Crippen LogP contribution in [0.15, 0.2) is 12.3 Å². The highest BCUT2D eigenvalue weighted by Crippen LogP contribution is 2.24. The molecule has 17 heavy (non-hydrogen) atoms. The van der Waals surface area contributed by atoms with Crippen molar-refractivity contribution in [3.63, 3.8) is 0 Å². The Morgan fingerprint density at radius 1 is 1.53 bits per heavy atom. The lowest BCUT2D eigenvalue weighted by molar-refractivity contribution is 0.102. The van der Waals surface area contributed by atoms with E-state index in [-0.39, 0.29) is 12.7 Å². The van der Waals surface area contributed by atoms with Crippen LogP contribution in [0.4, 0.5) is 5.82 Å². The summed E-state index contributed by atoms with van der Waals surface area (Å²) in [7, 11) is 0. The second-order valence-electron chi connectivity index (χ2n) is 4.92. The van der Waals surface area contributed by atoms with Gasteiger partial charge in [-0.2, -0.15) is 0 Å². The van der Waals surface area contributed by atoms with E-state index in [1.54, 1.807) is 6.20 Å². The third-order valence-electron chi connectivity index (χ3n) is 3.51. The number of hydrogen-bond acceptors (Lipinski definition) is 4. The van der Waals surface area contributed by atoms with Crippen LogP contribution in [0.1, 0.15) is 24.5 Å². The summed E-state index contributed by atoms with van der Waals surface area (Å²) in [5, 5.41) is 18.9. The molecule has 1 aliphatic heterocycles. The molecular weight excluding hydrogens is 216 g/mol. The molecule has 2 rings (SSSR count). The number of β-amino-alcohol motifs (C(OH)–C–C–N with tert-alkyl or cyclic N) is 1. The van der Waals surface area contributed by atoms with Gasteiger partial charge in [0.05, 0.1) is 12.7 Å². The number of aromatic nitrogens is 1. The zero-order valence-corrected chi connectivity index (χ0v) is 10.4. The molecule has 0 spiro atoms. The average Bonchev–Trinajstić information content (AvgIpc) is 2.32. The summed E-state index contributed by atoms with van der Waals surface area (Å²) in [5.41, 5.74) is 1.88. The zero-order valence-electron chi connectivity index (χ0n) is 10.4. The minimum absolute atomic E-state index is 0.0216. The van der Waals surface area contributed by atoms with Crippen LogP contribution in [0.5, 0.6) is 0 Å². The number of aryl methyl sites for hydroxylation is 1. The Morgan fingerprint density at radius 2 is 2.29 bits per heavy atom. The molecule has 2 atom stereocenters. The quantitative estimate of drug-likeness (QED) is 0.807. The summed E-state index contributed by atoms with van der Waals surface area (Å²) in [6, 6.07) is 1.95. The minimum atomic E-state index is -0.275. The molecule has 0 aliphatic carbocycles. The number of piperidine rings is 1. The number of nitrogens with zero attached hydrogens (tertiary/aromatic N) is 2. The highest BCUT2D eigenvalue weighted by Gasteiger charge is 2.25. The van der Waals surface area contributed by atoms with Crippen molar-refractivity contribution in [2.75, 3.05) is 18.0 Å². The summed E-state index contributed by atoms with van der Waals surface area (Å²) in [6.45, 7) is 5.68. The maximum atomic E-state index is 9.89. The summed E-state index contributed by atoms with van der Waals surface area (Å²) in [5.74, 6) is 1.29. The maximum absolute atomic E-state index is 9.89. The lowest BCUT2D eigenvalue weighted by Gasteiger charge is -2.35. The van der Waals surface area contributed by atoms with E-state index < -0.39 is 0 Å². The lowest BCUT2D eigenvalue weighted by atomic mass is 9.96. The molecule has 1 aliphatic rings. The van der Waals surface area contributed by atoms with Crippen molar-refractivity contribution in [3.8, 4) is 0 Å². The van der Waals surface area contributed by atoms with Crippen molar-refractivity contribution in [3.05, 3.63) is 23.4 Å². The molecule has 4 heteroatoms. The Labute approximate surface area is 102 Å². The molecule has 1 aromatic rings. The first-order chi connectivity index (χ1) is 8.11. The van der Waals surface area contributed by atoms with Crippen molar-refractivity contribution in [2.45, 2.75) is 33.0 Å². The molecule has 0 saturated carbocycles. The minimum Gasteiger partial charge on any atom is -0.392 e. The number of anilines is 1. The molecule has 0 radical (unpaired) electrons. The fourth-order valence-corrected chi connectivity index (χ4v) is 2.28. The van der Waals surface area contributed by atoms with Gasteiger partial charge in [0.15, 0.2) is 0 Å². The highest BCUT2D eigenvalue weighted by atomic mass is 16.3. The van der Waals surface area contributed by atoms with E-state index in [9.17, 15) is 5.11 Å². The number of rotatable bonds is 2. The summed E-state index contributed by atoms with van der Waals surface area (Å²) >= 11 is 0. The van der Waals surface area contributed by atoms with Crippen molar-refractivity contribution >= 4 is 5.82 Å². The number of hydrogen-bond donors (Lipinski definition) is 2. The van der Waals surface area contributed by atoms with Crippen LogP contribution in [0, 0.1) is 12.8 Å². The van der Waals surface area contributed by atoms with Crippen LogP contribution < -0.4 is 4.90 Å². The van der Waals surface area contributed by atoms with E-state index in [4.69, 9.17) is 5.11 Å². The van der Waals surface area contributed by atoms with Crippen LogP contribution in [0.2, 0.25) is 0 Å². The number of pyridine rings is 1. The first-order valence-electron chi connectivity index (χ1n) is 6.11. The molecule has 0 amide bonds. The standard InChI is InChI=1S/C13H20N2O2/c1-9-3-4-15(7-12(9)17)13-10(2)5-11(8-16)6-14-13/h5-6,9,12,16-17H,3-4,7-8H2,1-2H3. The van der Waals surface area contributed by atoms with Gasteiger partial charge in [0.25, 0.3) is 0 Å². The van der Waals surface area contributed by atoms with Crippen molar-refractivity contribution in [1.82, 2.24) is 4.98 Å². The lowest BCUT2D eigenvalue weighted by Crippen LogP contribution is -2.43. The van der Waals surface area contributed by atoms with Gasteiger partial charge < -0.3 is 15.1 Å². The van der Waals surface area contributed by atoms with Crippen LogP contribution >= 0.6 is 0 Å². The molecule has 2 N–H and O–H groups in total. The Kier molecular flexibility index (Phi) is 3.64. The second kappa shape index (κ2) is 5.02. The monoisotopic (exact) mass is 236 g/mol. The topological polar surface area (TPSA) is 56.6 Å². The van der Waals surface area contributed by atoms with Crippen molar-refractivity contribution < 1.29 is 10.2 Å². The number of aliphatic hydroxyl groups excluding tert-OH is 2. The largest absolute Gasteiger partial charge is 0.392 e. The normalized spacial score (nSPS) is 25.1. The predicted molar refractivity (Wildman–Crippen MR) is 66.9 cm³/mol. The fourth-order valence-electron chi connectivity index (χ4n) is 2.28.